The lowest BCUT2D eigenvalue weighted by atomic mass is 9.92. The Hall–Kier alpha value is -1.99. The molecular weight excluding hydrogens is 370 g/mol. The first kappa shape index (κ1) is 18.4. The third kappa shape index (κ3) is 4.14. The maximum Gasteiger partial charge on any atom is 0.411 e. The molecule has 2 aliphatic rings. The van der Waals surface area contributed by atoms with Gasteiger partial charge in [0.2, 0.25) is 0 Å². The molecule has 0 aliphatic carbocycles. The summed E-state index contributed by atoms with van der Waals surface area (Å²) in [5.41, 5.74) is 1.13. The van der Waals surface area contributed by atoms with E-state index in [0.29, 0.717) is 42.2 Å². The van der Waals surface area contributed by atoms with Crippen LogP contribution in [-0.4, -0.2) is 29.8 Å². The van der Waals surface area contributed by atoms with Crippen molar-refractivity contribution in [1.29, 1.82) is 0 Å². The third-order valence-corrected chi connectivity index (χ3v) is 6.45. The summed E-state index contributed by atoms with van der Waals surface area (Å²) in [4.78, 5) is 14.2. The van der Waals surface area contributed by atoms with Crippen LogP contribution in [0.1, 0.15) is 36.1 Å². The fourth-order valence-electron chi connectivity index (χ4n) is 4.47. The van der Waals surface area contributed by atoms with Gasteiger partial charge in [-0.05, 0) is 60.7 Å². The zero-order valence-corrected chi connectivity index (χ0v) is 15.6. The Morgan fingerprint density at radius 2 is 1.85 bits per heavy atom. The van der Waals surface area contributed by atoms with Crippen molar-refractivity contribution in [2.45, 2.75) is 44.2 Å². The Labute approximate surface area is 160 Å². The third-order valence-electron chi connectivity index (χ3n) is 5.54. The summed E-state index contributed by atoms with van der Waals surface area (Å²) in [7, 11) is 0. The number of hydrogen-bond donors (Lipinski definition) is 2. The molecular formula is C20H22F2N2O2S. The molecule has 7 heteroatoms. The van der Waals surface area contributed by atoms with E-state index in [1.165, 1.54) is 41.2 Å². The number of thiophene rings is 1. The summed E-state index contributed by atoms with van der Waals surface area (Å²) in [6, 6.07) is 6.22. The van der Waals surface area contributed by atoms with Crippen LogP contribution in [0.25, 0.3) is 0 Å². The second kappa shape index (κ2) is 7.56. The highest BCUT2D eigenvalue weighted by molar-refractivity contribution is 7.10. The van der Waals surface area contributed by atoms with Gasteiger partial charge < -0.3 is 10.4 Å². The topological polar surface area (TPSA) is 52.6 Å². The molecule has 0 saturated carbocycles. The molecule has 2 aliphatic heterocycles. The van der Waals surface area contributed by atoms with Crippen molar-refractivity contribution in [2.75, 3.05) is 11.4 Å². The molecule has 1 aromatic carbocycles. The van der Waals surface area contributed by atoms with E-state index in [1.54, 1.807) is 6.07 Å². The van der Waals surface area contributed by atoms with Crippen molar-refractivity contribution in [3.05, 3.63) is 51.7 Å². The summed E-state index contributed by atoms with van der Waals surface area (Å²) >= 11 is 1.42. The lowest BCUT2D eigenvalue weighted by Crippen LogP contribution is -2.43. The Kier molecular flexibility index (Phi) is 5.14. The van der Waals surface area contributed by atoms with Crippen LogP contribution in [0.15, 0.2) is 29.6 Å². The van der Waals surface area contributed by atoms with Crippen molar-refractivity contribution in [1.82, 2.24) is 5.32 Å². The first-order valence-electron chi connectivity index (χ1n) is 9.26. The standard InChI is InChI=1S/C20H22F2N2O2S/c21-14-5-12(6-15(22)10-14)9-19-18(3-4-27-19)24(20(25)26)11-13-7-16-1-2-17(8-13)23-16/h3-6,10,13,16-17,23H,1-2,7-9,11H2,(H,25,26). The largest absolute Gasteiger partial charge is 0.465 e. The van der Waals surface area contributed by atoms with E-state index in [1.807, 2.05) is 5.38 Å². The predicted molar refractivity (Wildman–Crippen MR) is 102 cm³/mol. The van der Waals surface area contributed by atoms with Crippen LogP contribution in [0.5, 0.6) is 0 Å². The molecule has 2 N–H and O–H groups in total. The summed E-state index contributed by atoms with van der Waals surface area (Å²) in [5, 5.41) is 15.2. The molecule has 4 nitrogen and oxygen atoms in total. The maximum atomic E-state index is 13.5. The summed E-state index contributed by atoms with van der Waals surface area (Å²) < 4.78 is 27.0. The zero-order chi connectivity index (χ0) is 19.0. The highest BCUT2D eigenvalue weighted by Crippen LogP contribution is 2.35. The first-order valence-corrected chi connectivity index (χ1v) is 10.1. The second-order valence-electron chi connectivity index (χ2n) is 7.55. The van der Waals surface area contributed by atoms with Crippen molar-refractivity contribution in [3.63, 3.8) is 0 Å². The normalized spacial score (nSPS) is 24.1. The van der Waals surface area contributed by atoms with Gasteiger partial charge in [0.25, 0.3) is 0 Å². The number of nitrogens with one attached hydrogen (secondary N) is 1. The number of nitrogens with zero attached hydrogens (tertiary/aromatic N) is 1. The number of carbonyl (C=O) groups is 1. The van der Waals surface area contributed by atoms with Crippen LogP contribution in [0.2, 0.25) is 0 Å². The molecule has 4 rings (SSSR count). The quantitative estimate of drug-likeness (QED) is 0.780. The van der Waals surface area contributed by atoms with E-state index in [4.69, 9.17) is 0 Å². The molecule has 0 radical (unpaired) electrons. The van der Waals surface area contributed by atoms with Crippen LogP contribution < -0.4 is 10.2 Å². The fraction of sp³-hybridized carbons (Fsp3) is 0.450. The van der Waals surface area contributed by atoms with Crippen molar-refractivity contribution in [2.24, 2.45) is 5.92 Å². The fourth-order valence-corrected chi connectivity index (χ4v) is 5.38. The van der Waals surface area contributed by atoms with Gasteiger partial charge in [0, 0.05) is 36.0 Å². The van der Waals surface area contributed by atoms with Gasteiger partial charge in [-0.1, -0.05) is 0 Å². The Morgan fingerprint density at radius 3 is 2.48 bits per heavy atom. The molecule has 1 aromatic heterocycles. The van der Waals surface area contributed by atoms with Crippen LogP contribution in [0, 0.1) is 17.6 Å². The molecule has 2 bridgehead atoms. The van der Waals surface area contributed by atoms with E-state index < -0.39 is 17.7 Å². The Bertz CT molecular complexity index is 809. The van der Waals surface area contributed by atoms with Crippen molar-refractivity contribution >= 4 is 23.1 Å². The number of fused-ring (bicyclic) bond motifs is 2. The molecule has 144 valence electrons. The minimum atomic E-state index is -0.981. The number of hydrogen-bond acceptors (Lipinski definition) is 3. The number of amides is 1. The number of rotatable bonds is 5. The monoisotopic (exact) mass is 392 g/mol. The molecule has 2 atom stereocenters. The van der Waals surface area contributed by atoms with Gasteiger partial charge in [-0.15, -0.1) is 11.3 Å². The smallest absolute Gasteiger partial charge is 0.411 e. The second-order valence-corrected chi connectivity index (χ2v) is 8.55. The molecule has 3 heterocycles. The van der Waals surface area contributed by atoms with Gasteiger partial charge in [0.1, 0.15) is 11.6 Å². The molecule has 1 amide bonds. The van der Waals surface area contributed by atoms with Crippen molar-refractivity contribution in [3.8, 4) is 0 Å². The lowest BCUT2D eigenvalue weighted by molar-refractivity contribution is 0.198. The Morgan fingerprint density at radius 1 is 1.19 bits per heavy atom. The first-order chi connectivity index (χ1) is 13.0. The van der Waals surface area contributed by atoms with Crippen LogP contribution >= 0.6 is 11.3 Å². The Balaban J connectivity index is 1.53. The molecule has 2 fully saturated rings. The average molecular weight is 392 g/mol. The van der Waals surface area contributed by atoms with Crippen LogP contribution in [0.4, 0.5) is 19.3 Å². The van der Waals surface area contributed by atoms with Gasteiger partial charge in [0.05, 0.1) is 5.69 Å². The van der Waals surface area contributed by atoms with E-state index >= 15 is 0 Å². The van der Waals surface area contributed by atoms with E-state index in [2.05, 4.69) is 5.32 Å². The lowest BCUT2D eigenvalue weighted by Gasteiger charge is -2.32. The maximum absolute atomic E-state index is 13.5. The van der Waals surface area contributed by atoms with Gasteiger partial charge >= 0.3 is 6.09 Å². The molecule has 2 saturated heterocycles. The number of benzene rings is 1. The minimum Gasteiger partial charge on any atom is -0.465 e. The summed E-state index contributed by atoms with van der Waals surface area (Å²) in [6.45, 7) is 0.464. The number of halogens is 2. The number of anilines is 1. The van der Waals surface area contributed by atoms with E-state index in [-0.39, 0.29) is 0 Å². The highest BCUT2D eigenvalue weighted by Gasteiger charge is 2.35. The average Bonchev–Trinajstić information content (AvgIpc) is 3.17. The number of piperidine rings is 1. The van der Waals surface area contributed by atoms with Crippen molar-refractivity contribution < 1.29 is 18.7 Å². The zero-order valence-electron chi connectivity index (χ0n) is 14.8. The summed E-state index contributed by atoms with van der Waals surface area (Å²) in [6.07, 6.45) is 3.66. The molecule has 2 unspecified atom stereocenters. The van der Waals surface area contributed by atoms with E-state index in [9.17, 15) is 18.7 Å². The predicted octanol–water partition coefficient (Wildman–Crippen LogP) is 4.63. The van der Waals surface area contributed by atoms with E-state index in [0.717, 1.165) is 23.8 Å². The van der Waals surface area contributed by atoms with Gasteiger partial charge in [-0.3, -0.25) is 4.90 Å². The number of carboxylic acid groups (broad SMARTS) is 1. The summed E-state index contributed by atoms with van der Waals surface area (Å²) in [5.74, 6) is -0.911. The molecule has 2 aromatic rings. The van der Waals surface area contributed by atoms with Crippen LogP contribution in [0.3, 0.4) is 0 Å². The SMILES string of the molecule is O=C(O)N(CC1CC2CCC(C1)N2)c1ccsc1Cc1cc(F)cc(F)c1. The molecule has 27 heavy (non-hydrogen) atoms. The van der Waals surface area contributed by atoms with Gasteiger partial charge in [-0.25, -0.2) is 13.6 Å². The minimum absolute atomic E-state index is 0.308. The van der Waals surface area contributed by atoms with Crippen LogP contribution in [-0.2, 0) is 6.42 Å². The van der Waals surface area contributed by atoms with Gasteiger partial charge in [0.15, 0.2) is 0 Å². The highest BCUT2D eigenvalue weighted by atomic mass is 32.1. The molecule has 0 spiro atoms. The van der Waals surface area contributed by atoms with Gasteiger partial charge in [-0.2, -0.15) is 0 Å².